The van der Waals surface area contributed by atoms with Gasteiger partial charge in [-0.05, 0) is 43.3 Å². The fourth-order valence-corrected chi connectivity index (χ4v) is 2.71. The van der Waals surface area contributed by atoms with E-state index in [0.29, 0.717) is 36.2 Å². The third-order valence-electron chi connectivity index (χ3n) is 4.00. The van der Waals surface area contributed by atoms with Gasteiger partial charge in [-0.25, -0.2) is 0 Å². The Labute approximate surface area is 156 Å². The Morgan fingerprint density at radius 3 is 2.48 bits per heavy atom. The minimum atomic E-state index is -0.222. The highest BCUT2D eigenvalue weighted by molar-refractivity contribution is 6.03. The van der Waals surface area contributed by atoms with E-state index >= 15 is 0 Å². The predicted octanol–water partition coefficient (Wildman–Crippen LogP) is 3.55. The van der Waals surface area contributed by atoms with Crippen LogP contribution in [0.3, 0.4) is 0 Å². The molecule has 1 aromatic heterocycles. The summed E-state index contributed by atoms with van der Waals surface area (Å²) in [6.45, 7) is 3.03. The first-order chi connectivity index (χ1) is 13.2. The molecule has 0 saturated carbocycles. The van der Waals surface area contributed by atoms with Gasteiger partial charge in [-0.3, -0.25) is 4.79 Å². The summed E-state index contributed by atoms with van der Waals surface area (Å²) < 4.78 is 11.1. The Bertz CT molecular complexity index is 973. The topological polar surface area (TPSA) is 85.4 Å². The molecule has 2 heterocycles. The number of amides is 1. The van der Waals surface area contributed by atoms with E-state index in [1.54, 1.807) is 18.2 Å². The molecule has 0 fully saturated rings. The fourth-order valence-electron chi connectivity index (χ4n) is 2.71. The van der Waals surface area contributed by atoms with Crippen LogP contribution in [0.15, 0.2) is 54.6 Å². The van der Waals surface area contributed by atoms with Crippen molar-refractivity contribution in [1.82, 2.24) is 10.2 Å². The van der Waals surface area contributed by atoms with Crippen LogP contribution in [0.1, 0.15) is 15.9 Å². The summed E-state index contributed by atoms with van der Waals surface area (Å²) in [4.78, 5) is 12.3. The first-order valence-electron chi connectivity index (χ1n) is 8.56. The standard InChI is InChI=1S/C20H18N4O3/c1-13-3-2-4-14(11-13)20(25)22-19-8-7-18(23-24-19)21-15-5-6-16-17(12-15)27-10-9-26-16/h2-8,11-12H,9-10H2,1H3,(H,21,23)(H,22,24,25). The van der Waals surface area contributed by atoms with E-state index in [-0.39, 0.29) is 5.91 Å². The molecule has 1 aliphatic heterocycles. The average molecular weight is 362 g/mol. The van der Waals surface area contributed by atoms with Crippen molar-refractivity contribution < 1.29 is 14.3 Å². The van der Waals surface area contributed by atoms with Gasteiger partial charge >= 0.3 is 0 Å². The Balaban J connectivity index is 1.42. The maximum atomic E-state index is 12.3. The molecule has 7 heteroatoms. The predicted molar refractivity (Wildman–Crippen MR) is 102 cm³/mol. The van der Waals surface area contributed by atoms with Crippen LogP contribution in [0.4, 0.5) is 17.3 Å². The summed E-state index contributed by atoms with van der Waals surface area (Å²) >= 11 is 0. The Morgan fingerprint density at radius 1 is 0.926 bits per heavy atom. The lowest BCUT2D eigenvalue weighted by molar-refractivity contribution is 0.102. The van der Waals surface area contributed by atoms with Crippen LogP contribution in [0.5, 0.6) is 11.5 Å². The second kappa shape index (κ2) is 7.33. The molecule has 7 nitrogen and oxygen atoms in total. The van der Waals surface area contributed by atoms with Gasteiger partial charge in [0.25, 0.3) is 5.91 Å². The third kappa shape index (κ3) is 3.98. The van der Waals surface area contributed by atoms with Crippen molar-refractivity contribution in [1.29, 1.82) is 0 Å². The molecular weight excluding hydrogens is 344 g/mol. The molecule has 3 aromatic rings. The van der Waals surface area contributed by atoms with Gasteiger partial charge < -0.3 is 20.1 Å². The zero-order valence-electron chi connectivity index (χ0n) is 14.7. The van der Waals surface area contributed by atoms with E-state index in [2.05, 4.69) is 20.8 Å². The van der Waals surface area contributed by atoms with Crippen molar-refractivity contribution in [2.45, 2.75) is 6.92 Å². The number of anilines is 3. The van der Waals surface area contributed by atoms with Crippen molar-refractivity contribution >= 4 is 23.2 Å². The monoisotopic (exact) mass is 362 g/mol. The SMILES string of the molecule is Cc1cccc(C(=O)Nc2ccc(Nc3ccc4c(c3)OCCO4)nn2)c1. The van der Waals surface area contributed by atoms with Crippen LogP contribution >= 0.6 is 0 Å². The molecule has 136 valence electrons. The highest BCUT2D eigenvalue weighted by Crippen LogP contribution is 2.33. The highest BCUT2D eigenvalue weighted by atomic mass is 16.6. The van der Waals surface area contributed by atoms with Gasteiger partial charge in [0.05, 0.1) is 0 Å². The van der Waals surface area contributed by atoms with Crippen LogP contribution in [0.25, 0.3) is 0 Å². The zero-order chi connectivity index (χ0) is 18.6. The number of rotatable bonds is 4. The van der Waals surface area contributed by atoms with Crippen molar-refractivity contribution in [3.8, 4) is 11.5 Å². The average Bonchev–Trinajstić information content (AvgIpc) is 2.69. The van der Waals surface area contributed by atoms with Crippen molar-refractivity contribution in [3.05, 3.63) is 65.7 Å². The third-order valence-corrected chi connectivity index (χ3v) is 4.00. The van der Waals surface area contributed by atoms with Gasteiger partial charge in [-0.15, -0.1) is 10.2 Å². The molecular formula is C20H18N4O3. The fraction of sp³-hybridized carbons (Fsp3) is 0.150. The molecule has 1 amide bonds. The summed E-state index contributed by atoms with van der Waals surface area (Å²) in [6, 6.07) is 16.4. The quantitative estimate of drug-likeness (QED) is 0.738. The number of aromatic nitrogens is 2. The summed E-state index contributed by atoms with van der Waals surface area (Å²) in [5, 5.41) is 14.0. The number of carbonyl (C=O) groups is 1. The molecule has 0 radical (unpaired) electrons. The van der Waals surface area contributed by atoms with Crippen LogP contribution in [-0.2, 0) is 0 Å². The molecule has 0 aliphatic carbocycles. The van der Waals surface area contributed by atoms with Gasteiger partial charge in [-0.2, -0.15) is 0 Å². The number of aryl methyl sites for hydroxylation is 1. The number of hydrogen-bond acceptors (Lipinski definition) is 6. The van der Waals surface area contributed by atoms with Crippen molar-refractivity contribution in [2.24, 2.45) is 0 Å². The van der Waals surface area contributed by atoms with Crippen molar-refractivity contribution in [2.75, 3.05) is 23.8 Å². The summed E-state index contributed by atoms with van der Waals surface area (Å²) in [7, 11) is 0. The van der Waals surface area contributed by atoms with Gasteiger partial charge in [0.2, 0.25) is 0 Å². The van der Waals surface area contributed by atoms with Crippen molar-refractivity contribution in [3.63, 3.8) is 0 Å². The van der Waals surface area contributed by atoms with Gasteiger partial charge in [0.1, 0.15) is 13.2 Å². The Hall–Kier alpha value is -3.61. The lowest BCUT2D eigenvalue weighted by atomic mass is 10.1. The van der Waals surface area contributed by atoms with Gasteiger partial charge in [0.15, 0.2) is 23.1 Å². The molecule has 0 spiro atoms. The van der Waals surface area contributed by atoms with Crippen LogP contribution < -0.4 is 20.1 Å². The number of nitrogens with zero attached hydrogens (tertiary/aromatic N) is 2. The van der Waals surface area contributed by atoms with E-state index < -0.39 is 0 Å². The highest BCUT2D eigenvalue weighted by Gasteiger charge is 2.12. The van der Waals surface area contributed by atoms with E-state index in [9.17, 15) is 4.79 Å². The molecule has 2 aromatic carbocycles. The van der Waals surface area contributed by atoms with Crippen LogP contribution in [-0.4, -0.2) is 29.3 Å². The van der Waals surface area contributed by atoms with E-state index in [1.807, 2.05) is 43.3 Å². The maximum Gasteiger partial charge on any atom is 0.256 e. The second-order valence-electron chi connectivity index (χ2n) is 6.11. The van der Waals surface area contributed by atoms with E-state index in [0.717, 1.165) is 17.0 Å². The number of benzene rings is 2. The number of carbonyl (C=O) groups excluding carboxylic acids is 1. The molecule has 4 rings (SSSR count). The van der Waals surface area contributed by atoms with Crippen LogP contribution in [0.2, 0.25) is 0 Å². The minimum absolute atomic E-state index is 0.222. The van der Waals surface area contributed by atoms with Crippen LogP contribution in [0, 0.1) is 6.92 Å². The second-order valence-corrected chi connectivity index (χ2v) is 6.11. The number of nitrogens with one attached hydrogen (secondary N) is 2. The molecule has 1 aliphatic rings. The number of ether oxygens (including phenoxy) is 2. The molecule has 0 unspecified atom stereocenters. The lowest BCUT2D eigenvalue weighted by Gasteiger charge is -2.19. The van der Waals surface area contributed by atoms with Gasteiger partial charge in [-0.1, -0.05) is 17.7 Å². The number of hydrogen-bond donors (Lipinski definition) is 2. The number of fused-ring (bicyclic) bond motifs is 1. The molecule has 0 saturated heterocycles. The maximum absolute atomic E-state index is 12.3. The Kier molecular flexibility index (Phi) is 4.57. The first kappa shape index (κ1) is 16.8. The Morgan fingerprint density at radius 2 is 1.70 bits per heavy atom. The first-order valence-corrected chi connectivity index (χ1v) is 8.56. The summed E-state index contributed by atoms with van der Waals surface area (Å²) in [6.07, 6.45) is 0. The normalized spacial score (nSPS) is 12.3. The summed E-state index contributed by atoms with van der Waals surface area (Å²) in [5.74, 6) is 2.14. The summed E-state index contributed by atoms with van der Waals surface area (Å²) in [5.41, 5.74) is 2.41. The smallest absolute Gasteiger partial charge is 0.256 e. The minimum Gasteiger partial charge on any atom is -0.486 e. The zero-order valence-corrected chi connectivity index (χ0v) is 14.7. The largest absolute Gasteiger partial charge is 0.486 e. The lowest BCUT2D eigenvalue weighted by Crippen LogP contribution is -2.15. The molecule has 2 N–H and O–H groups in total. The molecule has 0 bridgehead atoms. The van der Waals surface area contributed by atoms with Gasteiger partial charge in [0, 0.05) is 17.3 Å². The molecule has 0 atom stereocenters. The molecule has 27 heavy (non-hydrogen) atoms. The van der Waals surface area contributed by atoms with E-state index in [1.165, 1.54) is 0 Å². The van der Waals surface area contributed by atoms with E-state index in [4.69, 9.17) is 9.47 Å².